The molecule has 3 unspecified atom stereocenters. The summed E-state index contributed by atoms with van der Waals surface area (Å²) >= 11 is 0. The molecule has 0 aromatic carbocycles. The summed E-state index contributed by atoms with van der Waals surface area (Å²) in [6, 6.07) is 0. The molecule has 1 spiro atoms. The lowest BCUT2D eigenvalue weighted by atomic mass is 9.67. The van der Waals surface area contributed by atoms with Crippen LogP contribution in [0, 0.1) is 22.7 Å². The minimum absolute atomic E-state index is 0.0222. The SMILES string of the molecule is COC[C@@]1(C)[C@@H]2CCC(C)C23CC(=O)OC1(C(C)=O)C3. The van der Waals surface area contributed by atoms with Crippen molar-refractivity contribution < 1.29 is 19.1 Å². The van der Waals surface area contributed by atoms with E-state index in [0.717, 1.165) is 12.8 Å². The summed E-state index contributed by atoms with van der Waals surface area (Å²) < 4.78 is 11.1. The standard InChI is InChI=1S/C16H24O4/c1-10-5-6-12-14(3,9-19-4)16(11(2)17)8-15(10,12)7-13(18)20-16/h10,12H,5-9H2,1-4H3/t10?,12-,14-,15?,16?/m0/s1. The van der Waals surface area contributed by atoms with E-state index in [9.17, 15) is 9.59 Å². The molecule has 0 aromatic heterocycles. The quantitative estimate of drug-likeness (QED) is 0.745. The number of carbonyl (C=O) groups is 2. The Labute approximate surface area is 120 Å². The molecule has 1 heterocycles. The molecule has 4 nitrogen and oxygen atoms in total. The van der Waals surface area contributed by atoms with Gasteiger partial charge in [0.1, 0.15) is 0 Å². The maximum atomic E-state index is 12.4. The largest absolute Gasteiger partial charge is 0.450 e. The van der Waals surface area contributed by atoms with E-state index in [-0.39, 0.29) is 17.2 Å². The van der Waals surface area contributed by atoms with Gasteiger partial charge in [-0.05, 0) is 37.0 Å². The van der Waals surface area contributed by atoms with Crippen LogP contribution in [0.15, 0.2) is 0 Å². The zero-order valence-electron chi connectivity index (χ0n) is 12.8. The van der Waals surface area contributed by atoms with Crippen LogP contribution in [0.4, 0.5) is 0 Å². The summed E-state index contributed by atoms with van der Waals surface area (Å²) in [7, 11) is 1.66. The first kappa shape index (κ1) is 14.1. The maximum Gasteiger partial charge on any atom is 0.307 e. The van der Waals surface area contributed by atoms with Crippen LogP contribution in [-0.4, -0.2) is 31.1 Å². The third kappa shape index (κ3) is 1.36. The van der Waals surface area contributed by atoms with Crippen molar-refractivity contribution in [3.63, 3.8) is 0 Å². The van der Waals surface area contributed by atoms with Gasteiger partial charge in [-0.3, -0.25) is 9.59 Å². The van der Waals surface area contributed by atoms with Crippen molar-refractivity contribution in [2.75, 3.05) is 13.7 Å². The van der Waals surface area contributed by atoms with Gasteiger partial charge in [-0.2, -0.15) is 0 Å². The zero-order valence-corrected chi connectivity index (χ0v) is 12.8. The van der Waals surface area contributed by atoms with Gasteiger partial charge in [-0.1, -0.05) is 13.8 Å². The first-order valence-electron chi connectivity index (χ1n) is 7.54. The van der Waals surface area contributed by atoms with Gasteiger partial charge < -0.3 is 9.47 Å². The molecule has 0 aromatic rings. The van der Waals surface area contributed by atoms with E-state index in [4.69, 9.17) is 9.47 Å². The molecule has 0 amide bonds. The molecule has 0 N–H and O–H groups in total. The smallest absolute Gasteiger partial charge is 0.307 e. The second kappa shape index (κ2) is 4.06. The Kier molecular flexibility index (Phi) is 2.85. The van der Waals surface area contributed by atoms with Crippen molar-refractivity contribution in [3.05, 3.63) is 0 Å². The number of carbonyl (C=O) groups excluding carboxylic acids is 2. The highest BCUT2D eigenvalue weighted by Gasteiger charge is 2.76. The minimum Gasteiger partial charge on any atom is -0.450 e. The van der Waals surface area contributed by atoms with E-state index in [0.29, 0.717) is 31.3 Å². The number of fused-ring (bicyclic) bond motifs is 1. The van der Waals surface area contributed by atoms with E-state index < -0.39 is 11.0 Å². The monoisotopic (exact) mass is 280 g/mol. The highest BCUT2D eigenvalue weighted by molar-refractivity contribution is 5.91. The van der Waals surface area contributed by atoms with Crippen molar-refractivity contribution in [2.45, 2.75) is 52.1 Å². The summed E-state index contributed by atoms with van der Waals surface area (Å²) in [5.41, 5.74) is -1.43. The molecule has 3 fully saturated rings. The zero-order chi connectivity index (χ0) is 14.8. The molecule has 5 atom stereocenters. The Morgan fingerprint density at radius 2 is 2.15 bits per heavy atom. The van der Waals surface area contributed by atoms with Crippen LogP contribution in [0.3, 0.4) is 0 Å². The highest BCUT2D eigenvalue weighted by Crippen LogP contribution is 2.72. The average molecular weight is 280 g/mol. The Morgan fingerprint density at radius 3 is 2.75 bits per heavy atom. The number of esters is 1. The molecule has 112 valence electrons. The topological polar surface area (TPSA) is 52.6 Å². The predicted octanol–water partition coefficient (Wildman–Crippen LogP) is 2.35. The van der Waals surface area contributed by atoms with Crippen molar-refractivity contribution >= 4 is 11.8 Å². The number of ether oxygens (including phenoxy) is 2. The summed E-state index contributed by atoms with van der Waals surface area (Å²) in [4.78, 5) is 24.6. The van der Waals surface area contributed by atoms with Gasteiger partial charge in [0.2, 0.25) is 0 Å². The molecule has 1 saturated heterocycles. The normalized spacial score (nSPS) is 49.9. The molecule has 1 aliphatic heterocycles. The fourth-order valence-electron chi connectivity index (χ4n) is 5.66. The molecule has 3 rings (SSSR count). The molecule has 2 bridgehead atoms. The Bertz CT molecular complexity index is 473. The Morgan fingerprint density at radius 1 is 1.45 bits per heavy atom. The van der Waals surface area contributed by atoms with Gasteiger partial charge in [0, 0.05) is 18.9 Å². The summed E-state index contributed by atoms with van der Waals surface area (Å²) in [5, 5.41) is 0. The van der Waals surface area contributed by atoms with Gasteiger partial charge in [0.15, 0.2) is 11.4 Å². The molecule has 20 heavy (non-hydrogen) atoms. The molecular weight excluding hydrogens is 256 g/mol. The van der Waals surface area contributed by atoms with Crippen LogP contribution in [0.25, 0.3) is 0 Å². The van der Waals surface area contributed by atoms with E-state index in [2.05, 4.69) is 13.8 Å². The van der Waals surface area contributed by atoms with E-state index in [1.165, 1.54) is 0 Å². The third-order valence-corrected chi connectivity index (χ3v) is 6.61. The first-order chi connectivity index (χ1) is 9.32. The number of methoxy groups -OCH3 is 1. The summed E-state index contributed by atoms with van der Waals surface area (Å²) in [6.45, 7) is 6.34. The molecule has 3 aliphatic rings. The second-order valence-corrected chi connectivity index (χ2v) is 7.33. The average Bonchev–Trinajstić information content (AvgIpc) is 2.72. The van der Waals surface area contributed by atoms with Crippen molar-refractivity contribution in [1.82, 2.24) is 0 Å². The fourth-order valence-corrected chi connectivity index (χ4v) is 5.66. The first-order valence-corrected chi connectivity index (χ1v) is 7.54. The van der Waals surface area contributed by atoms with Crippen molar-refractivity contribution in [2.24, 2.45) is 22.7 Å². The van der Waals surface area contributed by atoms with Gasteiger partial charge in [-0.25, -0.2) is 0 Å². The maximum absolute atomic E-state index is 12.4. The van der Waals surface area contributed by atoms with E-state index in [1.54, 1.807) is 14.0 Å². The molecular formula is C16H24O4. The number of Topliss-reactive ketones (excluding diaryl/α,β-unsaturated/α-hetero) is 1. The van der Waals surface area contributed by atoms with Crippen molar-refractivity contribution in [3.8, 4) is 0 Å². The van der Waals surface area contributed by atoms with Crippen LogP contribution < -0.4 is 0 Å². The Hall–Kier alpha value is -0.900. The summed E-state index contributed by atoms with van der Waals surface area (Å²) in [6.07, 6.45) is 3.35. The molecule has 4 heteroatoms. The van der Waals surface area contributed by atoms with Gasteiger partial charge in [0.25, 0.3) is 0 Å². The number of hydrogen-bond donors (Lipinski definition) is 0. The van der Waals surface area contributed by atoms with Crippen LogP contribution in [0.2, 0.25) is 0 Å². The van der Waals surface area contributed by atoms with E-state index in [1.807, 2.05) is 0 Å². The van der Waals surface area contributed by atoms with Crippen molar-refractivity contribution in [1.29, 1.82) is 0 Å². The van der Waals surface area contributed by atoms with Crippen LogP contribution in [0.1, 0.15) is 46.5 Å². The lowest BCUT2D eigenvalue weighted by molar-refractivity contribution is -0.190. The molecule has 0 radical (unpaired) electrons. The van der Waals surface area contributed by atoms with Gasteiger partial charge in [-0.15, -0.1) is 0 Å². The minimum atomic E-state index is -0.975. The van der Waals surface area contributed by atoms with Crippen LogP contribution >= 0.6 is 0 Å². The van der Waals surface area contributed by atoms with Gasteiger partial charge >= 0.3 is 5.97 Å². The van der Waals surface area contributed by atoms with Crippen LogP contribution in [-0.2, 0) is 19.1 Å². The third-order valence-electron chi connectivity index (χ3n) is 6.61. The number of rotatable bonds is 3. The van der Waals surface area contributed by atoms with Gasteiger partial charge in [0.05, 0.1) is 13.0 Å². The molecule has 2 saturated carbocycles. The van der Waals surface area contributed by atoms with Crippen LogP contribution in [0.5, 0.6) is 0 Å². The number of hydrogen-bond acceptors (Lipinski definition) is 4. The lowest BCUT2D eigenvalue weighted by Gasteiger charge is -2.43. The summed E-state index contributed by atoms with van der Waals surface area (Å²) in [5.74, 6) is 0.578. The second-order valence-electron chi connectivity index (χ2n) is 7.33. The fraction of sp³-hybridized carbons (Fsp3) is 0.875. The number of ketones is 1. The lowest BCUT2D eigenvalue weighted by Crippen LogP contribution is -2.56. The van der Waals surface area contributed by atoms with E-state index >= 15 is 0 Å². The molecule has 2 aliphatic carbocycles. The predicted molar refractivity (Wildman–Crippen MR) is 73.0 cm³/mol. The highest BCUT2D eigenvalue weighted by atomic mass is 16.6. The Balaban J connectivity index is 2.18.